The normalized spacial score (nSPS) is 14.3. The number of rotatable bonds is 6. The first-order valence-electron chi connectivity index (χ1n) is 11.9. The number of nitriles is 1. The molecule has 8 nitrogen and oxygen atoms in total. The number of nitrogens with zero attached hydrogens (tertiary/aromatic N) is 6. The average molecular weight is 479 g/mol. The maximum atomic E-state index is 12.5. The van der Waals surface area contributed by atoms with E-state index in [9.17, 15) is 10.1 Å². The van der Waals surface area contributed by atoms with Crippen molar-refractivity contribution in [2.45, 2.75) is 25.5 Å². The van der Waals surface area contributed by atoms with Crippen molar-refractivity contribution in [3.63, 3.8) is 0 Å². The molecule has 2 aromatic carbocycles. The largest absolute Gasteiger partial charge is 0.487 e. The summed E-state index contributed by atoms with van der Waals surface area (Å²) in [7, 11) is 2.13. The van der Waals surface area contributed by atoms with Crippen LogP contribution in [-0.4, -0.2) is 50.9 Å². The molecule has 1 aliphatic heterocycles. The number of benzene rings is 2. The first kappa shape index (κ1) is 23.4. The summed E-state index contributed by atoms with van der Waals surface area (Å²) >= 11 is 0. The van der Waals surface area contributed by atoms with Crippen LogP contribution < -0.4 is 10.3 Å². The number of likely N-dealkylation sites (tertiary alicyclic amines) is 1. The van der Waals surface area contributed by atoms with Gasteiger partial charge in [0, 0.05) is 30.3 Å². The highest BCUT2D eigenvalue weighted by Crippen LogP contribution is 2.21. The van der Waals surface area contributed by atoms with Crippen molar-refractivity contribution in [1.29, 1.82) is 5.26 Å². The monoisotopic (exact) mass is 478 g/mol. The predicted octanol–water partition coefficient (Wildman–Crippen LogP) is 3.76. The lowest BCUT2D eigenvalue weighted by Crippen LogP contribution is -2.35. The highest BCUT2D eigenvalue weighted by molar-refractivity contribution is 5.60. The fraction of sp³-hybridized carbons (Fsp3) is 0.250. The van der Waals surface area contributed by atoms with Crippen LogP contribution in [-0.2, 0) is 6.54 Å². The van der Waals surface area contributed by atoms with Gasteiger partial charge in [0.1, 0.15) is 6.10 Å². The molecule has 0 aliphatic carbocycles. The van der Waals surface area contributed by atoms with Crippen molar-refractivity contribution in [2.24, 2.45) is 0 Å². The van der Waals surface area contributed by atoms with Crippen LogP contribution >= 0.6 is 0 Å². The predicted molar refractivity (Wildman–Crippen MR) is 136 cm³/mol. The van der Waals surface area contributed by atoms with Gasteiger partial charge in [-0.15, -0.1) is 0 Å². The summed E-state index contributed by atoms with van der Waals surface area (Å²) in [5.74, 6) is 1.27. The maximum absolute atomic E-state index is 12.5. The van der Waals surface area contributed by atoms with E-state index in [1.54, 1.807) is 36.7 Å². The molecule has 3 heterocycles. The van der Waals surface area contributed by atoms with Gasteiger partial charge in [-0.25, -0.2) is 14.6 Å². The van der Waals surface area contributed by atoms with Crippen molar-refractivity contribution in [3.05, 3.63) is 94.5 Å². The summed E-state index contributed by atoms with van der Waals surface area (Å²) < 4.78 is 7.48. The highest BCUT2D eigenvalue weighted by Gasteiger charge is 2.18. The second-order valence-corrected chi connectivity index (χ2v) is 8.97. The molecule has 0 bridgehead atoms. The second-order valence-electron chi connectivity index (χ2n) is 8.97. The summed E-state index contributed by atoms with van der Waals surface area (Å²) in [6.45, 7) is 2.36. The molecule has 2 aromatic heterocycles. The highest BCUT2D eigenvalue weighted by atomic mass is 16.5. The van der Waals surface area contributed by atoms with Crippen molar-refractivity contribution < 1.29 is 4.74 Å². The fourth-order valence-electron chi connectivity index (χ4n) is 4.27. The molecule has 0 radical (unpaired) electrons. The number of hydrogen-bond donors (Lipinski definition) is 0. The molecule has 0 N–H and O–H groups in total. The molecule has 5 rings (SSSR count). The minimum absolute atomic E-state index is 0.197. The van der Waals surface area contributed by atoms with Crippen LogP contribution in [0.15, 0.2) is 77.9 Å². The average Bonchev–Trinajstić information content (AvgIpc) is 2.92. The molecule has 1 fully saturated rings. The maximum Gasteiger partial charge on any atom is 0.267 e. The lowest BCUT2D eigenvalue weighted by Gasteiger charge is -2.29. The zero-order valence-electron chi connectivity index (χ0n) is 20.0. The van der Waals surface area contributed by atoms with Crippen LogP contribution in [0.5, 0.6) is 5.75 Å². The molecule has 1 aliphatic rings. The zero-order valence-corrected chi connectivity index (χ0v) is 20.0. The van der Waals surface area contributed by atoms with Crippen LogP contribution in [0.4, 0.5) is 0 Å². The van der Waals surface area contributed by atoms with E-state index >= 15 is 0 Å². The summed E-state index contributed by atoms with van der Waals surface area (Å²) in [6.07, 6.45) is 5.64. The summed E-state index contributed by atoms with van der Waals surface area (Å²) in [5, 5.41) is 13.7. The van der Waals surface area contributed by atoms with Gasteiger partial charge in [0.25, 0.3) is 5.56 Å². The van der Waals surface area contributed by atoms with E-state index in [1.165, 1.54) is 10.7 Å². The van der Waals surface area contributed by atoms with Crippen molar-refractivity contribution in [3.8, 4) is 34.5 Å². The molecular formula is C28H26N6O2. The van der Waals surface area contributed by atoms with Gasteiger partial charge in [-0.2, -0.15) is 10.4 Å². The Balaban J connectivity index is 1.32. The molecule has 1 saturated heterocycles. The first-order valence-corrected chi connectivity index (χ1v) is 11.9. The quantitative estimate of drug-likeness (QED) is 0.416. The Hall–Kier alpha value is -4.35. The summed E-state index contributed by atoms with van der Waals surface area (Å²) in [6, 6.07) is 20.2. The Morgan fingerprint density at radius 2 is 1.75 bits per heavy atom. The van der Waals surface area contributed by atoms with E-state index in [4.69, 9.17) is 4.74 Å². The summed E-state index contributed by atoms with van der Waals surface area (Å²) in [5.41, 5.74) is 3.51. The second kappa shape index (κ2) is 10.5. The molecule has 0 unspecified atom stereocenters. The van der Waals surface area contributed by atoms with E-state index in [2.05, 4.69) is 33.1 Å². The minimum atomic E-state index is -0.202. The molecule has 180 valence electrons. The van der Waals surface area contributed by atoms with Crippen LogP contribution in [0.3, 0.4) is 0 Å². The van der Waals surface area contributed by atoms with Gasteiger partial charge in [0.05, 0.1) is 36.3 Å². The van der Waals surface area contributed by atoms with Crippen LogP contribution in [0.1, 0.15) is 24.0 Å². The van der Waals surface area contributed by atoms with Crippen molar-refractivity contribution >= 4 is 0 Å². The SMILES string of the molecule is CN1CCC(Oc2cnc(-c3cccc(Cn4nc(-c5cccc(C#N)c5)ccc4=O)c3)nc2)CC1. The van der Waals surface area contributed by atoms with Gasteiger partial charge < -0.3 is 9.64 Å². The van der Waals surface area contributed by atoms with Crippen molar-refractivity contribution in [1.82, 2.24) is 24.6 Å². The van der Waals surface area contributed by atoms with E-state index in [0.29, 0.717) is 29.4 Å². The third kappa shape index (κ3) is 5.48. The van der Waals surface area contributed by atoms with Crippen LogP contribution in [0, 0.1) is 11.3 Å². The van der Waals surface area contributed by atoms with E-state index < -0.39 is 0 Å². The van der Waals surface area contributed by atoms with Gasteiger partial charge in [0.2, 0.25) is 0 Å². The number of ether oxygens (including phenoxy) is 1. The molecule has 4 aromatic rings. The van der Waals surface area contributed by atoms with Gasteiger partial charge in [-0.1, -0.05) is 30.3 Å². The van der Waals surface area contributed by atoms with Gasteiger partial charge in [-0.3, -0.25) is 4.79 Å². The van der Waals surface area contributed by atoms with Gasteiger partial charge in [0.15, 0.2) is 11.6 Å². The Labute approximate surface area is 209 Å². The third-order valence-corrected chi connectivity index (χ3v) is 6.27. The van der Waals surface area contributed by atoms with Crippen molar-refractivity contribution in [2.75, 3.05) is 20.1 Å². The van der Waals surface area contributed by atoms with E-state index in [1.807, 2.05) is 30.3 Å². The van der Waals surface area contributed by atoms with E-state index in [0.717, 1.165) is 42.6 Å². The molecule has 0 spiro atoms. The van der Waals surface area contributed by atoms with Gasteiger partial charge in [-0.05, 0) is 49.7 Å². The molecule has 0 saturated carbocycles. The van der Waals surface area contributed by atoms with Crippen LogP contribution in [0.2, 0.25) is 0 Å². The minimum Gasteiger partial charge on any atom is -0.487 e. The van der Waals surface area contributed by atoms with Gasteiger partial charge >= 0.3 is 0 Å². The molecular weight excluding hydrogens is 452 g/mol. The Bertz CT molecular complexity index is 1450. The lowest BCUT2D eigenvalue weighted by molar-refractivity contribution is 0.113. The molecule has 0 amide bonds. The standard InChI is InChI=1S/C28H26N6O2/c1-33-12-10-24(11-13-33)36-25-17-30-28(31-18-25)23-7-3-5-21(15-23)19-34-27(35)9-8-26(32-34)22-6-2-4-20(14-22)16-29/h2-9,14-15,17-18,24H,10-13,19H2,1H3. The third-order valence-electron chi connectivity index (χ3n) is 6.27. The fourth-order valence-corrected chi connectivity index (χ4v) is 4.27. The first-order chi connectivity index (χ1) is 17.6. The summed E-state index contributed by atoms with van der Waals surface area (Å²) in [4.78, 5) is 23.8. The molecule has 36 heavy (non-hydrogen) atoms. The topological polar surface area (TPSA) is 96.9 Å². The van der Waals surface area contributed by atoms with E-state index in [-0.39, 0.29) is 11.7 Å². The Morgan fingerprint density at radius 3 is 2.53 bits per heavy atom. The smallest absolute Gasteiger partial charge is 0.267 e. The Morgan fingerprint density at radius 1 is 1.00 bits per heavy atom. The number of hydrogen-bond acceptors (Lipinski definition) is 7. The molecule has 0 atom stereocenters. The number of aromatic nitrogens is 4. The van der Waals surface area contributed by atoms with Crippen LogP contribution in [0.25, 0.3) is 22.6 Å². The number of piperidine rings is 1. The molecule has 8 heteroatoms. The zero-order chi connectivity index (χ0) is 24.9. The Kier molecular flexibility index (Phi) is 6.83. The lowest BCUT2D eigenvalue weighted by atomic mass is 10.1.